The Balaban J connectivity index is 1.57. The van der Waals surface area contributed by atoms with E-state index in [0.717, 1.165) is 4.90 Å². The second-order valence-corrected chi connectivity index (χ2v) is 7.85. The fraction of sp³-hybridized carbons (Fsp3) is 0.0417. The molecule has 1 heterocycles. The van der Waals surface area contributed by atoms with E-state index in [4.69, 9.17) is 27.9 Å². The Morgan fingerprint density at radius 1 is 0.970 bits per heavy atom. The maximum Gasteiger partial charge on any atom is 0.335 e. The molecule has 0 saturated carbocycles. The Bertz CT molecular complexity index is 1310. The molecule has 4 rings (SSSR count). The number of urea groups is 1. The number of benzene rings is 3. The maximum atomic E-state index is 13.8. The van der Waals surface area contributed by atoms with Crippen molar-refractivity contribution in [2.75, 3.05) is 4.90 Å². The van der Waals surface area contributed by atoms with Crippen LogP contribution in [-0.4, -0.2) is 17.8 Å². The molecule has 9 heteroatoms. The summed E-state index contributed by atoms with van der Waals surface area (Å²) in [6.45, 7) is -0.0234. The highest BCUT2D eigenvalue weighted by Gasteiger charge is 2.36. The van der Waals surface area contributed by atoms with Crippen molar-refractivity contribution in [2.45, 2.75) is 6.61 Å². The van der Waals surface area contributed by atoms with Crippen LogP contribution in [-0.2, 0) is 16.2 Å². The summed E-state index contributed by atoms with van der Waals surface area (Å²) in [6, 6.07) is 16.1. The molecule has 0 unspecified atom stereocenters. The van der Waals surface area contributed by atoms with E-state index in [1.807, 2.05) is 0 Å². The molecular formula is C24H15Cl2FN2O4. The third-order valence-corrected chi connectivity index (χ3v) is 5.31. The van der Waals surface area contributed by atoms with Crippen LogP contribution >= 0.6 is 23.2 Å². The van der Waals surface area contributed by atoms with Crippen LogP contribution in [0.4, 0.5) is 14.9 Å². The predicted octanol–water partition coefficient (Wildman–Crippen LogP) is 5.38. The quantitative estimate of drug-likeness (QED) is 0.389. The standard InChI is InChI=1S/C24H15Cl2FN2O4/c25-16-5-3-6-17(12-16)29-23(31)18(22(30)28-24(29)32)10-14-8-9-21(19(26)11-14)33-13-15-4-1-2-7-20(15)27/h1-12H,13H2,(H,28,30,32)/b18-10+. The van der Waals surface area contributed by atoms with Crippen LogP contribution in [0.15, 0.2) is 72.3 Å². The van der Waals surface area contributed by atoms with E-state index in [2.05, 4.69) is 5.32 Å². The van der Waals surface area contributed by atoms with E-state index in [0.29, 0.717) is 21.9 Å². The lowest BCUT2D eigenvalue weighted by Gasteiger charge is -2.26. The van der Waals surface area contributed by atoms with Gasteiger partial charge in [0, 0.05) is 10.6 Å². The lowest BCUT2D eigenvalue weighted by atomic mass is 10.1. The van der Waals surface area contributed by atoms with E-state index in [1.165, 1.54) is 30.3 Å². The Kier molecular flexibility index (Phi) is 6.44. The van der Waals surface area contributed by atoms with Gasteiger partial charge in [-0.15, -0.1) is 0 Å². The lowest BCUT2D eigenvalue weighted by molar-refractivity contribution is -0.122. The minimum absolute atomic E-state index is 0.0234. The number of anilines is 1. The fourth-order valence-corrected chi connectivity index (χ4v) is 3.60. The van der Waals surface area contributed by atoms with Gasteiger partial charge in [0.25, 0.3) is 11.8 Å². The molecule has 0 aromatic heterocycles. The van der Waals surface area contributed by atoms with Gasteiger partial charge in [0.1, 0.15) is 23.7 Å². The topological polar surface area (TPSA) is 75.7 Å². The summed E-state index contributed by atoms with van der Waals surface area (Å²) in [4.78, 5) is 38.4. The molecule has 0 radical (unpaired) electrons. The minimum Gasteiger partial charge on any atom is -0.487 e. The van der Waals surface area contributed by atoms with Crippen molar-refractivity contribution in [2.24, 2.45) is 0 Å². The molecule has 3 aromatic carbocycles. The molecule has 1 fully saturated rings. The Morgan fingerprint density at radius 2 is 1.76 bits per heavy atom. The van der Waals surface area contributed by atoms with Crippen molar-refractivity contribution >= 4 is 52.8 Å². The van der Waals surface area contributed by atoms with Gasteiger partial charge >= 0.3 is 6.03 Å². The Labute approximate surface area is 198 Å². The van der Waals surface area contributed by atoms with Gasteiger partial charge in [-0.3, -0.25) is 14.9 Å². The first-order chi connectivity index (χ1) is 15.8. The average Bonchev–Trinajstić information content (AvgIpc) is 2.77. The zero-order valence-electron chi connectivity index (χ0n) is 16.8. The van der Waals surface area contributed by atoms with Gasteiger partial charge in [0.05, 0.1) is 10.7 Å². The Morgan fingerprint density at radius 3 is 2.48 bits per heavy atom. The van der Waals surface area contributed by atoms with E-state index >= 15 is 0 Å². The molecule has 1 aliphatic heterocycles. The molecule has 33 heavy (non-hydrogen) atoms. The number of carbonyl (C=O) groups excluding carboxylic acids is 3. The van der Waals surface area contributed by atoms with Crippen LogP contribution in [0, 0.1) is 5.82 Å². The highest BCUT2D eigenvalue weighted by Crippen LogP contribution is 2.29. The number of nitrogens with zero attached hydrogens (tertiary/aromatic N) is 1. The predicted molar refractivity (Wildman–Crippen MR) is 123 cm³/mol. The first-order valence-corrected chi connectivity index (χ1v) is 10.4. The molecule has 3 aromatic rings. The van der Waals surface area contributed by atoms with Crippen molar-refractivity contribution in [1.29, 1.82) is 0 Å². The molecule has 1 aliphatic rings. The third kappa shape index (κ3) is 4.89. The maximum absolute atomic E-state index is 13.8. The van der Waals surface area contributed by atoms with Crippen LogP contribution in [0.5, 0.6) is 5.75 Å². The van der Waals surface area contributed by atoms with Gasteiger partial charge < -0.3 is 4.74 Å². The number of amides is 4. The number of imide groups is 2. The summed E-state index contributed by atoms with van der Waals surface area (Å²) in [6.07, 6.45) is 1.31. The number of ether oxygens (including phenoxy) is 1. The van der Waals surface area contributed by atoms with Gasteiger partial charge in [-0.2, -0.15) is 0 Å². The number of halogens is 3. The zero-order chi connectivity index (χ0) is 23.5. The van der Waals surface area contributed by atoms with Crippen LogP contribution < -0.4 is 15.0 Å². The van der Waals surface area contributed by atoms with E-state index in [9.17, 15) is 18.8 Å². The van der Waals surface area contributed by atoms with Gasteiger partial charge in [-0.25, -0.2) is 14.1 Å². The summed E-state index contributed by atoms with van der Waals surface area (Å²) in [7, 11) is 0. The van der Waals surface area contributed by atoms with Crippen LogP contribution in [0.3, 0.4) is 0 Å². The minimum atomic E-state index is -0.876. The molecule has 0 spiro atoms. The largest absolute Gasteiger partial charge is 0.487 e. The molecular weight excluding hydrogens is 470 g/mol. The van der Waals surface area contributed by atoms with Gasteiger partial charge in [0.2, 0.25) is 0 Å². The second kappa shape index (κ2) is 9.44. The van der Waals surface area contributed by atoms with E-state index in [-0.39, 0.29) is 22.9 Å². The molecule has 166 valence electrons. The molecule has 1 N–H and O–H groups in total. The third-order valence-electron chi connectivity index (χ3n) is 4.78. The molecule has 6 nitrogen and oxygen atoms in total. The summed E-state index contributed by atoms with van der Waals surface area (Å²) in [5, 5.41) is 2.67. The first kappa shape index (κ1) is 22.5. The number of carbonyl (C=O) groups is 3. The normalized spacial score (nSPS) is 15.1. The lowest BCUT2D eigenvalue weighted by Crippen LogP contribution is -2.54. The second-order valence-electron chi connectivity index (χ2n) is 7.01. The SMILES string of the molecule is O=C1NC(=O)N(c2cccc(Cl)c2)C(=O)/C1=C/c1ccc(OCc2ccccc2F)c(Cl)c1. The van der Waals surface area contributed by atoms with Crippen LogP contribution in [0.25, 0.3) is 6.08 Å². The van der Waals surface area contributed by atoms with Crippen molar-refractivity contribution < 1.29 is 23.5 Å². The summed E-state index contributed by atoms with van der Waals surface area (Å²) in [5.74, 6) is -1.73. The van der Waals surface area contributed by atoms with Crippen molar-refractivity contribution in [3.8, 4) is 5.75 Å². The van der Waals surface area contributed by atoms with Crippen molar-refractivity contribution in [3.05, 3.63) is 99.3 Å². The highest BCUT2D eigenvalue weighted by atomic mass is 35.5. The Hall–Kier alpha value is -3.68. The summed E-state index contributed by atoms with van der Waals surface area (Å²) in [5.41, 5.74) is 0.760. The highest BCUT2D eigenvalue weighted by molar-refractivity contribution is 6.39. The van der Waals surface area contributed by atoms with E-state index in [1.54, 1.807) is 42.5 Å². The van der Waals surface area contributed by atoms with Crippen LogP contribution in [0.2, 0.25) is 10.0 Å². The smallest absolute Gasteiger partial charge is 0.335 e. The van der Waals surface area contributed by atoms with Gasteiger partial charge in [-0.05, 0) is 48.0 Å². The van der Waals surface area contributed by atoms with Gasteiger partial charge in [0.15, 0.2) is 0 Å². The number of rotatable bonds is 5. The monoisotopic (exact) mass is 484 g/mol. The number of hydrogen-bond acceptors (Lipinski definition) is 4. The fourth-order valence-electron chi connectivity index (χ4n) is 3.17. The number of nitrogens with one attached hydrogen (secondary N) is 1. The molecule has 0 atom stereocenters. The zero-order valence-corrected chi connectivity index (χ0v) is 18.4. The molecule has 0 bridgehead atoms. The van der Waals surface area contributed by atoms with E-state index < -0.39 is 23.7 Å². The average molecular weight is 485 g/mol. The van der Waals surface area contributed by atoms with Crippen molar-refractivity contribution in [3.63, 3.8) is 0 Å². The molecule has 1 saturated heterocycles. The number of barbiturate groups is 1. The summed E-state index contributed by atoms with van der Waals surface area (Å²) >= 11 is 12.2. The number of hydrogen-bond donors (Lipinski definition) is 1. The van der Waals surface area contributed by atoms with Crippen LogP contribution in [0.1, 0.15) is 11.1 Å². The first-order valence-electron chi connectivity index (χ1n) is 9.66. The molecule has 4 amide bonds. The summed E-state index contributed by atoms with van der Waals surface area (Å²) < 4.78 is 19.4. The van der Waals surface area contributed by atoms with Gasteiger partial charge in [-0.1, -0.05) is 53.5 Å². The molecule has 0 aliphatic carbocycles. The van der Waals surface area contributed by atoms with Crippen molar-refractivity contribution in [1.82, 2.24) is 5.32 Å².